The Labute approximate surface area is 351 Å². The van der Waals surface area contributed by atoms with Crippen LogP contribution in [0.4, 0.5) is 0 Å². The van der Waals surface area contributed by atoms with Gasteiger partial charge >= 0.3 is 11.9 Å². The molecule has 0 amide bonds. The van der Waals surface area contributed by atoms with E-state index in [1.165, 1.54) is 180 Å². The van der Waals surface area contributed by atoms with Crippen LogP contribution in [0.5, 0.6) is 0 Å². The summed E-state index contributed by atoms with van der Waals surface area (Å²) in [5.41, 5.74) is 0. The Balaban J connectivity index is 4.15. The van der Waals surface area contributed by atoms with Crippen LogP contribution in [0.2, 0.25) is 0 Å². The third kappa shape index (κ3) is 37.2. The summed E-state index contributed by atoms with van der Waals surface area (Å²) < 4.78 is 11.3. The van der Waals surface area contributed by atoms with Gasteiger partial charge < -0.3 is 14.4 Å². The number of carbonyl (C=O) groups is 2. The number of unbranched alkanes of at least 4 members (excludes halogenated alkanes) is 18. The van der Waals surface area contributed by atoms with E-state index in [1.54, 1.807) is 0 Å². The van der Waals surface area contributed by atoms with Crippen molar-refractivity contribution in [1.82, 2.24) is 4.90 Å². The van der Waals surface area contributed by atoms with E-state index in [2.05, 4.69) is 53.5 Å². The molecule has 5 nitrogen and oxygen atoms in total. The molecular weight excluding hydrogens is 691 g/mol. The molecule has 56 heavy (non-hydrogen) atoms. The lowest BCUT2D eigenvalue weighted by Crippen LogP contribution is -2.28. The van der Waals surface area contributed by atoms with Gasteiger partial charge in [-0.3, -0.25) is 9.59 Å². The zero-order chi connectivity index (χ0) is 41.3. The number of nitrogens with zero attached hydrogens (tertiary/aromatic N) is 1. The van der Waals surface area contributed by atoms with E-state index >= 15 is 0 Å². The summed E-state index contributed by atoms with van der Waals surface area (Å²) in [5.74, 6) is 2.32. The predicted octanol–water partition coefficient (Wildman–Crippen LogP) is 16.0. The molecule has 0 aromatic heterocycles. The Kier molecular flexibility index (Phi) is 41.2. The highest BCUT2D eigenvalue weighted by Gasteiger charge is 2.14. The van der Waals surface area contributed by atoms with Gasteiger partial charge in [0.25, 0.3) is 0 Å². The van der Waals surface area contributed by atoms with Crippen LogP contribution >= 0.6 is 0 Å². The van der Waals surface area contributed by atoms with Gasteiger partial charge in [0, 0.05) is 18.9 Å². The van der Waals surface area contributed by atoms with Gasteiger partial charge in [0.1, 0.15) is 0 Å². The first kappa shape index (κ1) is 54.9. The molecule has 0 unspecified atom stereocenters. The van der Waals surface area contributed by atoms with Gasteiger partial charge in [-0.2, -0.15) is 0 Å². The first-order chi connectivity index (χ1) is 27.3. The van der Waals surface area contributed by atoms with E-state index in [4.69, 9.17) is 9.47 Å². The smallest absolute Gasteiger partial charge is 0.305 e. The van der Waals surface area contributed by atoms with Crippen molar-refractivity contribution in [3.05, 3.63) is 0 Å². The van der Waals surface area contributed by atoms with Crippen molar-refractivity contribution < 1.29 is 19.1 Å². The van der Waals surface area contributed by atoms with Crippen LogP contribution in [-0.4, -0.2) is 49.7 Å². The second kappa shape index (κ2) is 42.0. The second-order valence-electron chi connectivity index (χ2n) is 18.3. The Hall–Kier alpha value is -1.10. The van der Waals surface area contributed by atoms with Crippen LogP contribution in [0.25, 0.3) is 0 Å². The van der Waals surface area contributed by atoms with Gasteiger partial charge in [0.2, 0.25) is 0 Å². The minimum atomic E-state index is 0.0184. The maximum absolute atomic E-state index is 12.4. The highest BCUT2D eigenvalue weighted by atomic mass is 16.5. The average Bonchev–Trinajstić information content (AvgIpc) is 3.18. The fraction of sp³-hybridized carbons (Fsp3) is 0.961. The fourth-order valence-electron chi connectivity index (χ4n) is 8.32. The summed E-state index contributed by atoms with van der Waals surface area (Å²) >= 11 is 0. The Morgan fingerprint density at radius 2 is 0.679 bits per heavy atom. The standard InChI is InChI=1S/C51H101NO4/c1-8-12-24-32-48(33-25-13-9-2)41-44-55-50(53)38-30-22-18-16-20-28-36-47(40-43-52(7)46(5)6)37-29-21-17-19-23-31-39-51(54)56-45-42-49(34-26-14-10-3)35-27-15-11-4/h46-49H,8-45H2,1-7H3. The molecule has 0 aliphatic rings. The number of carbonyl (C=O) groups excluding carboxylic acids is 2. The van der Waals surface area contributed by atoms with E-state index in [0.717, 1.165) is 56.3 Å². The van der Waals surface area contributed by atoms with Gasteiger partial charge in [-0.1, -0.05) is 207 Å². The van der Waals surface area contributed by atoms with E-state index < -0.39 is 0 Å². The maximum atomic E-state index is 12.4. The summed E-state index contributed by atoms with van der Waals surface area (Å²) in [5, 5.41) is 0. The predicted molar refractivity (Wildman–Crippen MR) is 244 cm³/mol. The number of ether oxygens (including phenoxy) is 2. The molecule has 0 atom stereocenters. The molecule has 0 saturated carbocycles. The molecule has 334 valence electrons. The largest absolute Gasteiger partial charge is 0.466 e. The second-order valence-corrected chi connectivity index (χ2v) is 18.3. The van der Waals surface area contributed by atoms with Crippen LogP contribution in [0.15, 0.2) is 0 Å². The highest BCUT2D eigenvalue weighted by Crippen LogP contribution is 2.25. The summed E-state index contributed by atoms with van der Waals surface area (Å²) in [7, 11) is 2.27. The zero-order valence-corrected chi connectivity index (χ0v) is 39.3. The van der Waals surface area contributed by atoms with Crippen molar-refractivity contribution in [2.75, 3.05) is 26.8 Å². The lowest BCUT2D eigenvalue weighted by Gasteiger charge is -2.24. The summed E-state index contributed by atoms with van der Waals surface area (Å²) in [6.45, 7) is 16.1. The number of hydrogen-bond donors (Lipinski definition) is 0. The average molecular weight is 792 g/mol. The SMILES string of the molecule is CCCCCC(CCCCC)CCOC(=O)CCCCCCCCC(CCCCCCCCC(=O)OCCC(CCCCC)CCCCC)CCN(C)C(C)C. The van der Waals surface area contributed by atoms with E-state index in [9.17, 15) is 9.59 Å². The molecule has 0 aromatic carbocycles. The molecule has 0 spiro atoms. The maximum Gasteiger partial charge on any atom is 0.305 e. The van der Waals surface area contributed by atoms with Crippen LogP contribution in [0.3, 0.4) is 0 Å². The van der Waals surface area contributed by atoms with E-state index in [1.807, 2.05) is 0 Å². The normalized spacial score (nSPS) is 11.9. The molecule has 0 aliphatic carbocycles. The molecule has 0 fully saturated rings. The van der Waals surface area contributed by atoms with Gasteiger partial charge in [-0.25, -0.2) is 0 Å². The third-order valence-electron chi connectivity index (χ3n) is 12.7. The van der Waals surface area contributed by atoms with Gasteiger partial charge in [-0.15, -0.1) is 0 Å². The highest BCUT2D eigenvalue weighted by molar-refractivity contribution is 5.69. The Morgan fingerprint density at radius 3 is 1.00 bits per heavy atom. The van der Waals surface area contributed by atoms with Crippen molar-refractivity contribution in [3.63, 3.8) is 0 Å². The van der Waals surface area contributed by atoms with Gasteiger partial charge in [0.15, 0.2) is 0 Å². The van der Waals surface area contributed by atoms with Gasteiger partial charge in [-0.05, 0) is 77.3 Å². The number of hydrogen-bond acceptors (Lipinski definition) is 5. The van der Waals surface area contributed by atoms with Crippen LogP contribution in [-0.2, 0) is 19.1 Å². The molecule has 0 rings (SSSR count). The van der Waals surface area contributed by atoms with E-state index in [0.29, 0.717) is 32.1 Å². The topological polar surface area (TPSA) is 55.8 Å². The molecule has 0 aromatic rings. The molecule has 0 heterocycles. The minimum absolute atomic E-state index is 0.0184. The van der Waals surface area contributed by atoms with Crippen LogP contribution in [0, 0.1) is 17.8 Å². The fourth-order valence-corrected chi connectivity index (χ4v) is 8.32. The van der Waals surface area contributed by atoms with Crippen molar-refractivity contribution in [2.45, 2.75) is 272 Å². The van der Waals surface area contributed by atoms with E-state index in [-0.39, 0.29) is 11.9 Å². The lowest BCUT2D eigenvalue weighted by molar-refractivity contribution is -0.145. The number of rotatable bonds is 44. The number of esters is 2. The monoisotopic (exact) mass is 792 g/mol. The Morgan fingerprint density at radius 1 is 0.393 bits per heavy atom. The zero-order valence-electron chi connectivity index (χ0n) is 39.3. The Bertz CT molecular complexity index is 753. The summed E-state index contributed by atoms with van der Waals surface area (Å²) in [6.07, 6.45) is 42.8. The third-order valence-corrected chi connectivity index (χ3v) is 12.7. The summed E-state index contributed by atoms with van der Waals surface area (Å²) in [4.78, 5) is 27.2. The lowest BCUT2D eigenvalue weighted by atomic mass is 9.91. The van der Waals surface area contributed by atoms with Crippen molar-refractivity contribution in [3.8, 4) is 0 Å². The van der Waals surface area contributed by atoms with Gasteiger partial charge in [0.05, 0.1) is 13.2 Å². The molecular formula is C51H101NO4. The first-order valence-electron chi connectivity index (χ1n) is 25.3. The molecule has 0 bridgehead atoms. The first-order valence-corrected chi connectivity index (χ1v) is 25.3. The quantitative estimate of drug-likeness (QED) is 0.0454. The molecule has 0 radical (unpaired) electrons. The summed E-state index contributed by atoms with van der Waals surface area (Å²) in [6, 6.07) is 0.608. The molecule has 0 N–H and O–H groups in total. The molecule has 5 heteroatoms. The minimum Gasteiger partial charge on any atom is -0.466 e. The van der Waals surface area contributed by atoms with Crippen molar-refractivity contribution >= 4 is 11.9 Å². The molecule has 0 aliphatic heterocycles. The van der Waals surface area contributed by atoms with Crippen LogP contribution < -0.4 is 0 Å². The van der Waals surface area contributed by atoms with Crippen LogP contribution in [0.1, 0.15) is 266 Å². The van der Waals surface area contributed by atoms with Crippen molar-refractivity contribution in [1.29, 1.82) is 0 Å². The van der Waals surface area contributed by atoms with Crippen molar-refractivity contribution in [2.24, 2.45) is 17.8 Å². The molecule has 0 saturated heterocycles.